The fraction of sp³-hybridized carbons (Fsp3) is 0.350. The molecule has 0 unspecified atom stereocenters. The molecule has 0 N–H and O–H groups in total. The third-order valence-corrected chi connectivity index (χ3v) is 6.95. The van der Waals surface area contributed by atoms with Crippen molar-refractivity contribution in [1.82, 2.24) is 4.31 Å². The van der Waals surface area contributed by atoms with E-state index >= 15 is 0 Å². The highest BCUT2D eigenvalue weighted by atomic mass is 32.2. The lowest BCUT2D eigenvalue weighted by atomic mass is 10.1. The van der Waals surface area contributed by atoms with E-state index in [1.165, 1.54) is 52.8 Å². The van der Waals surface area contributed by atoms with Crippen LogP contribution in [0.25, 0.3) is 0 Å². The van der Waals surface area contributed by atoms with E-state index in [1.54, 1.807) is 0 Å². The molecule has 154 valence electrons. The highest BCUT2D eigenvalue weighted by Gasteiger charge is 2.31. The normalized spacial score (nSPS) is 17.6. The Kier molecular flexibility index (Phi) is 6.29. The maximum atomic E-state index is 13.0. The summed E-state index contributed by atoms with van der Waals surface area (Å²) in [6.07, 6.45) is 2.64. The molecule has 0 aliphatic carbocycles. The van der Waals surface area contributed by atoms with E-state index in [4.69, 9.17) is 4.74 Å². The third kappa shape index (κ3) is 4.80. The minimum absolute atomic E-state index is 0.0510. The lowest BCUT2D eigenvalue weighted by molar-refractivity contribution is -0.384. The van der Waals surface area contributed by atoms with Crippen LogP contribution in [0.5, 0.6) is 0 Å². The molecule has 2 aromatic rings. The molecule has 3 rings (SSSR count). The van der Waals surface area contributed by atoms with Crippen LogP contribution in [-0.4, -0.2) is 36.2 Å². The van der Waals surface area contributed by atoms with Crippen molar-refractivity contribution >= 4 is 21.7 Å². The van der Waals surface area contributed by atoms with E-state index in [0.29, 0.717) is 12.1 Å². The summed E-state index contributed by atoms with van der Waals surface area (Å²) < 4.78 is 32.6. The first-order valence-corrected chi connectivity index (χ1v) is 10.8. The molecule has 2 aromatic carbocycles. The zero-order valence-corrected chi connectivity index (χ0v) is 16.8. The summed E-state index contributed by atoms with van der Waals surface area (Å²) in [6, 6.07) is 11.4. The van der Waals surface area contributed by atoms with E-state index < -0.39 is 20.9 Å². The van der Waals surface area contributed by atoms with Crippen LogP contribution in [-0.2, 0) is 21.4 Å². The van der Waals surface area contributed by atoms with Crippen LogP contribution >= 0.6 is 0 Å². The average Bonchev–Trinajstić information content (AvgIpc) is 2.72. The molecular formula is C20H22N2O6S. The molecule has 0 spiro atoms. The second-order valence-electron chi connectivity index (χ2n) is 6.99. The van der Waals surface area contributed by atoms with Gasteiger partial charge < -0.3 is 4.74 Å². The molecule has 0 amide bonds. The van der Waals surface area contributed by atoms with Gasteiger partial charge in [0.15, 0.2) is 0 Å². The number of nitro benzene ring substituents is 1. The number of sulfonamides is 1. The summed E-state index contributed by atoms with van der Waals surface area (Å²) in [6.45, 7) is 2.29. The molecule has 9 heteroatoms. The highest BCUT2D eigenvalue weighted by Crippen LogP contribution is 2.25. The van der Waals surface area contributed by atoms with Crippen molar-refractivity contribution in [1.29, 1.82) is 0 Å². The van der Waals surface area contributed by atoms with Gasteiger partial charge in [-0.15, -0.1) is 0 Å². The average molecular weight is 418 g/mol. The van der Waals surface area contributed by atoms with Gasteiger partial charge in [0.2, 0.25) is 10.0 Å². The van der Waals surface area contributed by atoms with Gasteiger partial charge in [-0.2, -0.15) is 4.31 Å². The predicted molar refractivity (Wildman–Crippen MR) is 106 cm³/mol. The molecule has 0 radical (unpaired) electrons. The van der Waals surface area contributed by atoms with Gasteiger partial charge in [-0.25, -0.2) is 13.2 Å². The predicted octanol–water partition coefficient (Wildman–Crippen LogP) is 3.51. The lowest BCUT2D eigenvalue weighted by Crippen LogP contribution is -2.41. The summed E-state index contributed by atoms with van der Waals surface area (Å²) >= 11 is 0. The van der Waals surface area contributed by atoms with Crippen molar-refractivity contribution in [3.63, 3.8) is 0 Å². The summed E-state index contributed by atoms with van der Waals surface area (Å²) in [5.41, 5.74) is 0.678. The van der Waals surface area contributed by atoms with E-state index in [9.17, 15) is 23.3 Å². The van der Waals surface area contributed by atoms with Crippen LogP contribution in [0.15, 0.2) is 53.4 Å². The number of rotatable bonds is 6. The van der Waals surface area contributed by atoms with Crippen molar-refractivity contribution in [3.05, 3.63) is 69.8 Å². The van der Waals surface area contributed by atoms with Crippen LogP contribution < -0.4 is 0 Å². The Morgan fingerprint density at radius 3 is 2.59 bits per heavy atom. The zero-order valence-electron chi connectivity index (χ0n) is 16.0. The molecule has 1 aliphatic heterocycles. The SMILES string of the molecule is C[C@H]1CCCCN1S(=O)(=O)c1cccc(C(=O)OCc2ccc([N+](=O)[O-])cc2)c1. The van der Waals surface area contributed by atoms with E-state index in [0.717, 1.165) is 19.3 Å². The van der Waals surface area contributed by atoms with Gasteiger partial charge in [-0.05, 0) is 55.7 Å². The maximum absolute atomic E-state index is 13.0. The van der Waals surface area contributed by atoms with Gasteiger partial charge in [0.25, 0.3) is 5.69 Å². The molecule has 8 nitrogen and oxygen atoms in total. The number of nitro groups is 1. The molecule has 1 saturated heterocycles. The van der Waals surface area contributed by atoms with Gasteiger partial charge in [-0.3, -0.25) is 10.1 Å². The highest BCUT2D eigenvalue weighted by molar-refractivity contribution is 7.89. The minimum Gasteiger partial charge on any atom is -0.457 e. The second-order valence-corrected chi connectivity index (χ2v) is 8.88. The van der Waals surface area contributed by atoms with Gasteiger partial charge in [0, 0.05) is 24.7 Å². The first kappa shape index (κ1) is 20.9. The standard InChI is InChI=1S/C20H22N2O6S/c1-15-5-2-3-12-21(15)29(26,27)19-7-4-6-17(13-19)20(23)28-14-16-8-10-18(11-9-16)22(24)25/h4,6-11,13,15H,2-3,5,12,14H2,1H3/t15-/m0/s1. The fourth-order valence-electron chi connectivity index (χ4n) is 3.29. The Hall–Kier alpha value is -2.78. The smallest absolute Gasteiger partial charge is 0.338 e. The molecule has 1 fully saturated rings. The topological polar surface area (TPSA) is 107 Å². The summed E-state index contributed by atoms with van der Waals surface area (Å²) in [5, 5.41) is 10.7. The van der Waals surface area contributed by atoms with E-state index in [-0.39, 0.29) is 28.8 Å². The monoisotopic (exact) mass is 418 g/mol. The first-order chi connectivity index (χ1) is 13.8. The Bertz CT molecular complexity index is 1000. The Morgan fingerprint density at radius 2 is 1.93 bits per heavy atom. The number of carbonyl (C=O) groups is 1. The number of carbonyl (C=O) groups excluding carboxylic acids is 1. The first-order valence-electron chi connectivity index (χ1n) is 9.31. The number of piperidine rings is 1. The number of nitrogens with zero attached hydrogens (tertiary/aromatic N) is 2. The lowest BCUT2D eigenvalue weighted by Gasteiger charge is -2.32. The number of benzene rings is 2. The Labute approximate surface area is 169 Å². The van der Waals surface area contributed by atoms with Crippen molar-refractivity contribution < 1.29 is 22.9 Å². The van der Waals surface area contributed by atoms with Crippen LogP contribution in [0.1, 0.15) is 42.1 Å². The summed E-state index contributed by atoms with van der Waals surface area (Å²) in [5.74, 6) is -0.660. The van der Waals surface area contributed by atoms with Crippen molar-refractivity contribution in [2.75, 3.05) is 6.54 Å². The van der Waals surface area contributed by atoms with Crippen LogP contribution in [0, 0.1) is 10.1 Å². The molecule has 1 aliphatic rings. The molecule has 29 heavy (non-hydrogen) atoms. The fourth-order valence-corrected chi connectivity index (χ4v) is 5.04. The van der Waals surface area contributed by atoms with Crippen LogP contribution in [0.2, 0.25) is 0 Å². The maximum Gasteiger partial charge on any atom is 0.338 e. The molecular weight excluding hydrogens is 396 g/mol. The van der Waals surface area contributed by atoms with Gasteiger partial charge in [0.05, 0.1) is 15.4 Å². The molecule has 1 heterocycles. The quantitative estimate of drug-likeness (QED) is 0.404. The van der Waals surface area contributed by atoms with E-state index in [1.807, 2.05) is 6.92 Å². The minimum atomic E-state index is -3.69. The number of esters is 1. The molecule has 0 bridgehead atoms. The summed E-state index contributed by atoms with van der Waals surface area (Å²) in [7, 11) is -3.69. The summed E-state index contributed by atoms with van der Waals surface area (Å²) in [4.78, 5) is 22.6. The van der Waals surface area contributed by atoms with Gasteiger partial charge in [-0.1, -0.05) is 12.5 Å². The third-order valence-electron chi connectivity index (χ3n) is 4.94. The number of hydrogen-bond donors (Lipinski definition) is 0. The second kappa shape index (κ2) is 8.71. The number of ether oxygens (including phenoxy) is 1. The molecule has 0 saturated carbocycles. The Balaban J connectivity index is 1.71. The molecule has 0 aromatic heterocycles. The number of hydrogen-bond acceptors (Lipinski definition) is 6. The van der Waals surface area contributed by atoms with Gasteiger partial charge >= 0.3 is 5.97 Å². The number of non-ortho nitro benzene ring substituents is 1. The van der Waals surface area contributed by atoms with Crippen LogP contribution in [0.4, 0.5) is 5.69 Å². The van der Waals surface area contributed by atoms with Crippen molar-refractivity contribution in [2.45, 2.75) is 43.7 Å². The Morgan fingerprint density at radius 1 is 1.21 bits per heavy atom. The van der Waals surface area contributed by atoms with Crippen LogP contribution in [0.3, 0.4) is 0 Å². The zero-order chi connectivity index (χ0) is 21.0. The van der Waals surface area contributed by atoms with Crippen molar-refractivity contribution in [2.24, 2.45) is 0 Å². The largest absolute Gasteiger partial charge is 0.457 e. The van der Waals surface area contributed by atoms with E-state index in [2.05, 4.69) is 0 Å². The van der Waals surface area contributed by atoms with Crippen molar-refractivity contribution in [3.8, 4) is 0 Å². The molecule has 1 atom stereocenters. The van der Waals surface area contributed by atoms with Gasteiger partial charge in [0.1, 0.15) is 6.61 Å².